The molecule has 2 rings (SSSR count). The standard InChI is InChI=1S/C15H17N3O2/c1-4-19-15(2,3)14-17-13(20-18-14)9-11-5-7-12(10-16)8-6-11/h5-8H,4,9H2,1-3H3. The van der Waals surface area contributed by atoms with Gasteiger partial charge >= 0.3 is 0 Å². The third-order valence-corrected chi connectivity index (χ3v) is 2.95. The lowest BCUT2D eigenvalue weighted by Crippen LogP contribution is -2.23. The summed E-state index contributed by atoms with van der Waals surface area (Å²) in [5.74, 6) is 1.08. The first-order valence-electron chi connectivity index (χ1n) is 6.51. The highest BCUT2D eigenvalue weighted by Crippen LogP contribution is 2.22. The van der Waals surface area contributed by atoms with Crippen molar-refractivity contribution in [2.24, 2.45) is 0 Å². The van der Waals surface area contributed by atoms with Crippen LogP contribution in [0.2, 0.25) is 0 Å². The predicted molar refractivity (Wildman–Crippen MR) is 72.9 cm³/mol. The molecule has 104 valence electrons. The Bertz CT molecular complexity index is 609. The molecule has 1 aromatic carbocycles. The summed E-state index contributed by atoms with van der Waals surface area (Å²) >= 11 is 0. The van der Waals surface area contributed by atoms with Crippen LogP contribution in [0.25, 0.3) is 0 Å². The monoisotopic (exact) mass is 271 g/mol. The van der Waals surface area contributed by atoms with E-state index in [1.54, 1.807) is 12.1 Å². The second-order valence-electron chi connectivity index (χ2n) is 4.94. The van der Waals surface area contributed by atoms with Gasteiger partial charge in [0.05, 0.1) is 18.1 Å². The van der Waals surface area contributed by atoms with Crippen LogP contribution in [0.1, 0.15) is 43.6 Å². The van der Waals surface area contributed by atoms with Crippen molar-refractivity contribution in [3.05, 3.63) is 47.1 Å². The van der Waals surface area contributed by atoms with Gasteiger partial charge in [0.2, 0.25) is 11.7 Å². The van der Waals surface area contributed by atoms with Gasteiger partial charge in [-0.1, -0.05) is 17.3 Å². The molecule has 0 atom stereocenters. The number of hydrogen-bond acceptors (Lipinski definition) is 5. The molecule has 0 N–H and O–H groups in total. The second kappa shape index (κ2) is 5.85. The van der Waals surface area contributed by atoms with Gasteiger partial charge in [0.1, 0.15) is 5.60 Å². The summed E-state index contributed by atoms with van der Waals surface area (Å²) in [6.07, 6.45) is 0.543. The zero-order chi connectivity index (χ0) is 14.6. The lowest BCUT2D eigenvalue weighted by atomic mass is 10.1. The summed E-state index contributed by atoms with van der Waals surface area (Å²) in [5, 5.41) is 12.7. The van der Waals surface area contributed by atoms with Crippen molar-refractivity contribution in [3.8, 4) is 6.07 Å². The van der Waals surface area contributed by atoms with Gasteiger partial charge in [-0.25, -0.2) is 0 Å². The number of benzene rings is 1. The maximum atomic E-state index is 8.76. The van der Waals surface area contributed by atoms with Crippen molar-refractivity contribution in [3.63, 3.8) is 0 Å². The Balaban J connectivity index is 2.11. The molecule has 2 aromatic rings. The average molecular weight is 271 g/mol. The van der Waals surface area contributed by atoms with Gasteiger partial charge in [-0.05, 0) is 38.5 Å². The molecule has 0 aliphatic rings. The minimum atomic E-state index is -0.554. The number of hydrogen-bond donors (Lipinski definition) is 0. The van der Waals surface area contributed by atoms with Gasteiger partial charge in [0.15, 0.2) is 0 Å². The molecule has 0 aliphatic carbocycles. The van der Waals surface area contributed by atoms with Crippen molar-refractivity contribution in [2.45, 2.75) is 32.8 Å². The van der Waals surface area contributed by atoms with Gasteiger partial charge in [-0.2, -0.15) is 10.2 Å². The molecular weight excluding hydrogens is 254 g/mol. The fourth-order valence-corrected chi connectivity index (χ4v) is 1.87. The molecule has 0 bridgehead atoms. The van der Waals surface area contributed by atoms with E-state index in [2.05, 4.69) is 16.2 Å². The lowest BCUT2D eigenvalue weighted by Gasteiger charge is -2.19. The van der Waals surface area contributed by atoms with Gasteiger partial charge in [0.25, 0.3) is 0 Å². The summed E-state index contributed by atoms with van der Waals surface area (Å²) < 4.78 is 10.8. The molecule has 0 spiro atoms. The van der Waals surface area contributed by atoms with Gasteiger partial charge in [-0.15, -0.1) is 0 Å². The number of nitriles is 1. The molecule has 0 saturated carbocycles. The van der Waals surface area contributed by atoms with Crippen LogP contribution in [-0.4, -0.2) is 16.7 Å². The maximum absolute atomic E-state index is 8.76. The normalized spacial score (nSPS) is 11.3. The molecular formula is C15H17N3O2. The average Bonchev–Trinajstić information content (AvgIpc) is 2.89. The summed E-state index contributed by atoms with van der Waals surface area (Å²) in [6, 6.07) is 9.41. The quantitative estimate of drug-likeness (QED) is 0.836. The number of aromatic nitrogens is 2. The van der Waals surface area contributed by atoms with Crippen molar-refractivity contribution < 1.29 is 9.26 Å². The number of rotatable bonds is 5. The fraction of sp³-hybridized carbons (Fsp3) is 0.400. The number of ether oxygens (including phenoxy) is 1. The zero-order valence-electron chi connectivity index (χ0n) is 11.9. The van der Waals surface area contributed by atoms with E-state index in [0.29, 0.717) is 30.3 Å². The molecule has 1 heterocycles. The van der Waals surface area contributed by atoms with E-state index in [0.717, 1.165) is 5.56 Å². The third kappa shape index (κ3) is 3.22. The van der Waals surface area contributed by atoms with Crippen molar-refractivity contribution in [1.29, 1.82) is 5.26 Å². The minimum Gasteiger partial charge on any atom is -0.368 e. The lowest BCUT2D eigenvalue weighted by molar-refractivity contribution is -0.0221. The summed E-state index contributed by atoms with van der Waals surface area (Å²) in [4.78, 5) is 4.37. The van der Waals surface area contributed by atoms with Crippen LogP contribution >= 0.6 is 0 Å². The smallest absolute Gasteiger partial charge is 0.231 e. The van der Waals surface area contributed by atoms with Gasteiger partial charge in [0, 0.05) is 6.61 Å². The topological polar surface area (TPSA) is 71.9 Å². The van der Waals surface area contributed by atoms with Gasteiger partial charge < -0.3 is 9.26 Å². The Labute approximate surface area is 118 Å². The van der Waals surface area contributed by atoms with E-state index in [9.17, 15) is 0 Å². The molecule has 0 amide bonds. The van der Waals surface area contributed by atoms with Crippen LogP contribution in [0.4, 0.5) is 0 Å². The van der Waals surface area contributed by atoms with Crippen LogP contribution in [0.5, 0.6) is 0 Å². The second-order valence-corrected chi connectivity index (χ2v) is 4.94. The van der Waals surface area contributed by atoms with E-state index in [-0.39, 0.29) is 0 Å². The third-order valence-electron chi connectivity index (χ3n) is 2.95. The van der Waals surface area contributed by atoms with E-state index < -0.39 is 5.60 Å². The molecule has 5 nitrogen and oxygen atoms in total. The highest BCUT2D eigenvalue weighted by atomic mass is 16.5. The van der Waals surface area contributed by atoms with Crippen LogP contribution in [0, 0.1) is 11.3 Å². The summed E-state index contributed by atoms with van der Waals surface area (Å²) in [6.45, 7) is 6.34. The van der Waals surface area contributed by atoms with Crippen molar-refractivity contribution >= 4 is 0 Å². The molecule has 0 saturated heterocycles. The summed E-state index contributed by atoms with van der Waals surface area (Å²) in [5.41, 5.74) is 1.10. The Morgan fingerprint density at radius 3 is 2.60 bits per heavy atom. The molecule has 0 unspecified atom stereocenters. The molecule has 0 radical (unpaired) electrons. The molecule has 5 heteroatoms. The highest BCUT2D eigenvalue weighted by molar-refractivity contribution is 5.32. The SMILES string of the molecule is CCOC(C)(C)c1noc(Cc2ccc(C#N)cc2)n1. The van der Waals surface area contributed by atoms with Crippen molar-refractivity contribution in [1.82, 2.24) is 10.1 Å². The first kappa shape index (κ1) is 14.2. The largest absolute Gasteiger partial charge is 0.368 e. The Kier molecular flexibility index (Phi) is 4.16. The Morgan fingerprint density at radius 1 is 1.30 bits per heavy atom. The van der Waals surface area contributed by atoms with E-state index >= 15 is 0 Å². The van der Waals surface area contributed by atoms with E-state index in [1.165, 1.54) is 0 Å². The first-order valence-corrected chi connectivity index (χ1v) is 6.51. The van der Waals surface area contributed by atoms with Crippen LogP contribution in [-0.2, 0) is 16.8 Å². The maximum Gasteiger partial charge on any atom is 0.231 e. The highest BCUT2D eigenvalue weighted by Gasteiger charge is 2.27. The molecule has 0 fully saturated rings. The summed E-state index contributed by atoms with van der Waals surface area (Å²) in [7, 11) is 0. The zero-order valence-corrected chi connectivity index (χ0v) is 11.9. The van der Waals surface area contributed by atoms with E-state index in [1.807, 2.05) is 32.9 Å². The van der Waals surface area contributed by atoms with Crippen LogP contribution in [0.15, 0.2) is 28.8 Å². The molecule has 0 aliphatic heterocycles. The minimum absolute atomic E-state index is 0.539. The van der Waals surface area contributed by atoms with E-state index in [4.69, 9.17) is 14.5 Å². The van der Waals surface area contributed by atoms with Crippen LogP contribution < -0.4 is 0 Å². The molecule has 20 heavy (non-hydrogen) atoms. The van der Waals surface area contributed by atoms with Crippen molar-refractivity contribution in [2.75, 3.05) is 6.61 Å². The first-order chi connectivity index (χ1) is 9.55. The van der Waals surface area contributed by atoms with Gasteiger partial charge in [-0.3, -0.25) is 0 Å². The Hall–Kier alpha value is -2.19. The fourth-order valence-electron chi connectivity index (χ4n) is 1.87. The molecule has 1 aromatic heterocycles. The number of nitrogens with zero attached hydrogens (tertiary/aromatic N) is 3. The predicted octanol–water partition coefficient (Wildman–Crippen LogP) is 2.80. The Morgan fingerprint density at radius 2 is 2.00 bits per heavy atom. The van der Waals surface area contributed by atoms with Crippen LogP contribution in [0.3, 0.4) is 0 Å².